The largest absolute Gasteiger partial charge is 0.497 e. The number of carbonyl (C=O) groups is 2. The summed E-state index contributed by atoms with van der Waals surface area (Å²) in [5, 5.41) is 0. The average Bonchev–Trinajstić information content (AvgIpc) is 2.45. The van der Waals surface area contributed by atoms with Gasteiger partial charge in [0.1, 0.15) is 11.5 Å². The van der Waals surface area contributed by atoms with Crippen molar-refractivity contribution in [3.63, 3.8) is 0 Å². The molecule has 0 heterocycles. The molecule has 0 amide bonds. The Morgan fingerprint density at radius 1 is 1.20 bits per heavy atom. The summed E-state index contributed by atoms with van der Waals surface area (Å²) in [7, 11) is 4.45. The number of hydrogen-bond donors (Lipinski definition) is 0. The molecule has 1 aromatic carbocycles. The summed E-state index contributed by atoms with van der Waals surface area (Å²) in [6, 6.07) is 3.54. The van der Waals surface area contributed by atoms with Crippen LogP contribution in [0.15, 0.2) is 12.1 Å². The highest BCUT2D eigenvalue weighted by Gasteiger charge is 2.30. The van der Waals surface area contributed by atoms with Gasteiger partial charge in [-0.3, -0.25) is 9.59 Å². The number of methoxy groups -OCH3 is 3. The molecule has 0 radical (unpaired) electrons. The third-order valence-electron chi connectivity index (χ3n) is 3.56. The molecule has 5 heteroatoms. The van der Waals surface area contributed by atoms with Gasteiger partial charge < -0.3 is 14.2 Å². The molecular formula is C15H18O5. The van der Waals surface area contributed by atoms with Crippen LogP contribution in [-0.2, 0) is 16.0 Å². The first-order chi connectivity index (χ1) is 9.58. The van der Waals surface area contributed by atoms with E-state index in [2.05, 4.69) is 4.74 Å². The molecule has 0 fully saturated rings. The van der Waals surface area contributed by atoms with Gasteiger partial charge in [0, 0.05) is 18.9 Å². The van der Waals surface area contributed by atoms with Crippen LogP contribution in [0.3, 0.4) is 0 Å². The summed E-state index contributed by atoms with van der Waals surface area (Å²) in [5.74, 6) is 0.855. The van der Waals surface area contributed by atoms with E-state index in [1.807, 2.05) is 6.07 Å². The van der Waals surface area contributed by atoms with E-state index in [-0.39, 0.29) is 24.1 Å². The highest BCUT2D eigenvalue weighted by atomic mass is 16.5. The molecule has 20 heavy (non-hydrogen) atoms. The van der Waals surface area contributed by atoms with Crippen molar-refractivity contribution in [3.8, 4) is 11.5 Å². The number of fused-ring (bicyclic) bond motifs is 1. The fourth-order valence-corrected chi connectivity index (χ4v) is 2.61. The molecule has 0 bridgehead atoms. The summed E-state index contributed by atoms with van der Waals surface area (Å²) in [5.41, 5.74) is 1.47. The Kier molecular flexibility index (Phi) is 4.27. The van der Waals surface area contributed by atoms with Crippen LogP contribution in [0.25, 0.3) is 0 Å². The molecule has 0 saturated heterocycles. The van der Waals surface area contributed by atoms with E-state index in [9.17, 15) is 9.59 Å². The Balaban J connectivity index is 2.33. The lowest BCUT2D eigenvalue weighted by Gasteiger charge is -2.24. The molecule has 1 atom stereocenters. The lowest BCUT2D eigenvalue weighted by atomic mass is 9.81. The van der Waals surface area contributed by atoms with Gasteiger partial charge in [0.05, 0.1) is 26.9 Å². The lowest BCUT2D eigenvalue weighted by Crippen LogP contribution is -2.23. The SMILES string of the molecule is COC(=O)C[C@@H]1CC(=O)c2c(cc(OC)cc2OC)C1. The second-order valence-corrected chi connectivity index (χ2v) is 4.84. The Bertz CT molecular complexity index is 535. The minimum atomic E-state index is -0.291. The first-order valence-corrected chi connectivity index (χ1v) is 6.44. The Morgan fingerprint density at radius 3 is 2.55 bits per heavy atom. The lowest BCUT2D eigenvalue weighted by molar-refractivity contribution is -0.141. The maximum atomic E-state index is 12.3. The molecule has 0 N–H and O–H groups in total. The van der Waals surface area contributed by atoms with Crippen molar-refractivity contribution in [2.45, 2.75) is 19.3 Å². The normalized spacial score (nSPS) is 17.4. The van der Waals surface area contributed by atoms with E-state index in [0.717, 1.165) is 5.56 Å². The van der Waals surface area contributed by atoms with Crippen LogP contribution in [-0.4, -0.2) is 33.1 Å². The molecule has 5 nitrogen and oxygen atoms in total. The van der Waals surface area contributed by atoms with Crippen molar-refractivity contribution < 1.29 is 23.8 Å². The standard InChI is InChI=1S/C15H18O5/c1-18-11-7-10-4-9(6-14(17)20-3)5-12(16)15(10)13(8-11)19-2/h7-9H,4-6H2,1-3H3/t9-/m0/s1. The predicted molar refractivity (Wildman–Crippen MR) is 72.3 cm³/mol. The third kappa shape index (κ3) is 2.76. The number of ketones is 1. The Hall–Kier alpha value is -2.04. The number of esters is 1. The predicted octanol–water partition coefficient (Wildman–Crippen LogP) is 2.01. The smallest absolute Gasteiger partial charge is 0.305 e. The number of hydrogen-bond acceptors (Lipinski definition) is 5. The quantitative estimate of drug-likeness (QED) is 0.788. The van der Waals surface area contributed by atoms with Crippen LogP contribution >= 0.6 is 0 Å². The van der Waals surface area contributed by atoms with Gasteiger partial charge in [-0.2, -0.15) is 0 Å². The van der Waals surface area contributed by atoms with Crippen LogP contribution in [0.2, 0.25) is 0 Å². The zero-order valence-electron chi connectivity index (χ0n) is 11.9. The Morgan fingerprint density at radius 2 is 1.95 bits per heavy atom. The average molecular weight is 278 g/mol. The van der Waals surface area contributed by atoms with Gasteiger partial charge in [0.15, 0.2) is 5.78 Å². The first-order valence-electron chi connectivity index (χ1n) is 6.44. The molecule has 1 aliphatic rings. The van der Waals surface area contributed by atoms with E-state index in [0.29, 0.717) is 29.9 Å². The van der Waals surface area contributed by atoms with Gasteiger partial charge >= 0.3 is 5.97 Å². The van der Waals surface area contributed by atoms with Gasteiger partial charge in [0.2, 0.25) is 0 Å². The fraction of sp³-hybridized carbons (Fsp3) is 0.467. The maximum Gasteiger partial charge on any atom is 0.305 e. The van der Waals surface area contributed by atoms with Crippen LogP contribution in [0, 0.1) is 5.92 Å². The molecule has 0 aromatic heterocycles. The van der Waals surface area contributed by atoms with E-state index in [1.165, 1.54) is 14.2 Å². The van der Waals surface area contributed by atoms with Crippen LogP contribution in [0.1, 0.15) is 28.8 Å². The summed E-state index contributed by atoms with van der Waals surface area (Å²) < 4.78 is 15.1. The van der Waals surface area contributed by atoms with Crippen molar-refractivity contribution in [3.05, 3.63) is 23.3 Å². The molecule has 1 aromatic rings. The highest BCUT2D eigenvalue weighted by molar-refractivity contribution is 6.01. The molecule has 0 unspecified atom stereocenters. The molecule has 108 valence electrons. The monoisotopic (exact) mass is 278 g/mol. The maximum absolute atomic E-state index is 12.3. The van der Waals surface area contributed by atoms with E-state index in [4.69, 9.17) is 9.47 Å². The van der Waals surface area contributed by atoms with Gasteiger partial charge in [0.25, 0.3) is 0 Å². The third-order valence-corrected chi connectivity index (χ3v) is 3.56. The second kappa shape index (κ2) is 5.94. The first kappa shape index (κ1) is 14.4. The van der Waals surface area contributed by atoms with E-state index >= 15 is 0 Å². The number of rotatable bonds is 4. The van der Waals surface area contributed by atoms with Gasteiger partial charge in [-0.05, 0) is 24.0 Å². The minimum Gasteiger partial charge on any atom is -0.497 e. The number of ether oxygens (including phenoxy) is 3. The van der Waals surface area contributed by atoms with Crippen molar-refractivity contribution >= 4 is 11.8 Å². The van der Waals surface area contributed by atoms with Gasteiger partial charge in [-0.25, -0.2) is 0 Å². The van der Waals surface area contributed by atoms with Gasteiger partial charge in [-0.15, -0.1) is 0 Å². The van der Waals surface area contributed by atoms with Gasteiger partial charge in [-0.1, -0.05) is 0 Å². The summed E-state index contributed by atoms with van der Waals surface area (Å²) >= 11 is 0. The molecule has 2 rings (SSSR count). The van der Waals surface area contributed by atoms with Crippen LogP contribution in [0.4, 0.5) is 0 Å². The van der Waals surface area contributed by atoms with E-state index < -0.39 is 0 Å². The summed E-state index contributed by atoms with van der Waals surface area (Å²) in [4.78, 5) is 23.6. The minimum absolute atomic E-state index is 0.000318. The second-order valence-electron chi connectivity index (χ2n) is 4.84. The van der Waals surface area contributed by atoms with E-state index in [1.54, 1.807) is 13.2 Å². The van der Waals surface area contributed by atoms with Crippen LogP contribution < -0.4 is 9.47 Å². The number of benzene rings is 1. The Labute approximate surface area is 117 Å². The number of Topliss-reactive ketones (excluding diaryl/α,β-unsaturated/α-hetero) is 1. The number of carbonyl (C=O) groups excluding carboxylic acids is 2. The molecule has 0 saturated carbocycles. The zero-order valence-corrected chi connectivity index (χ0v) is 11.9. The summed E-state index contributed by atoms with van der Waals surface area (Å²) in [6.45, 7) is 0. The highest BCUT2D eigenvalue weighted by Crippen LogP contribution is 2.36. The van der Waals surface area contributed by atoms with Crippen LogP contribution in [0.5, 0.6) is 11.5 Å². The van der Waals surface area contributed by atoms with Crippen molar-refractivity contribution in [1.82, 2.24) is 0 Å². The molecule has 1 aliphatic carbocycles. The fourth-order valence-electron chi connectivity index (χ4n) is 2.61. The summed E-state index contributed by atoms with van der Waals surface area (Å²) in [6.07, 6.45) is 1.23. The van der Waals surface area contributed by atoms with Crippen molar-refractivity contribution in [2.75, 3.05) is 21.3 Å². The zero-order chi connectivity index (χ0) is 14.7. The van der Waals surface area contributed by atoms with Crippen molar-refractivity contribution in [1.29, 1.82) is 0 Å². The van der Waals surface area contributed by atoms with Crippen molar-refractivity contribution in [2.24, 2.45) is 5.92 Å². The molecular weight excluding hydrogens is 260 g/mol. The molecule has 0 aliphatic heterocycles. The topological polar surface area (TPSA) is 61.8 Å². The molecule has 0 spiro atoms.